The van der Waals surface area contributed by atoms with Gasteiger partial charge in [0.1, 0.15) is 40.5 Å². The van der Waals surface area contributed by atoms with Gasteiger partial charge in [-0.25, -0.2) is 4.99 Å². The van der Waals surface area contributed by atoms with Crippen molar-refractivity contribution in [3.05, 3.63) is 193 Å². The van der Waals surface area contributed by atoms with E-state index in [4.69, 9.17) is 13.8 Å². The molecule has 0 saturated heterocycles. The Hall–Kier alpha value is -7.21. The zero-order valence-electron chi connectivity index (χ0n) is 30.2. The maximum Gasteiger partial charge on any atom is 0.143 e. The number of para-hydroxylation sites is 1. The Kier molecular flexibility index (Phi) is 6.76. The van der Waals surface area contributed by atoms with Crippen molar-refractivity contribution in [2.24, 2.45) is 4.99 Å². The summed E-state index contributed by atoms with van der Waals surface area (Å²) in [5.41, 5.74) is 8.81. The van der Waals surface area contributed by atoms with Crippen molar-refractivity contribution in [2.45, 2.75) is 12.3 Å². The lowest BCUT2D eigenvalue weighted by atomic mass is 9.93. The highest BCUT2D eigenvalue weighted by Gasteiger charge is 2.30. The summed E-state index contributed by atoms with van der Waals surface area (Å²) in [6, 6.07) is 62.0. The second kappa shape index (κ2) is 12.2. The molecule has 5 nitrogen and oxygen atoms in total. The van der Waals surface area contributed by atoms with Crippen LogP contribution < -0.4 is 10.6 Å². The number of fused-ring (bicyclic) bond motifs is 11. The summed E-state index contributed by atoms with van der Waals surface area (Å²) in [7, 11) is 0. The number of nitrogens with zero attached hydrogens (tertiary/aromatic N) is 1. The number of furan rings is 2. The van der Waals surface area contributed by atoms with Crippen LogP contribution in [0.1, 0.15) is 29.0 Å². The van der Waals surface area contributed by atoms with Gasteiger partial charge in [0, 0.05) is 38.2 Å². The van der Waals surface area contributed by atoms with Crippen LogP contribution in [-0.4, -0.2) is 5.84 Å². The molecule has 0 aliphatic carbocycles. The van der Waals surface area contributed by atoms with Crippen molar-refractivity contribution in [2.75, 3.05) is 0 Å². The third-order valence-corrected chi connectivity index (χ3v) is 11.5. The molecule has 9 aromatic carbocycles. The zero-order chi connectivity index (χ0) is 36.7. The van der Waals surface area contributed by atoms with Crippen molar-refractivity contribution in [1.82, 2.24) is 10.6 Å². The first kappa shape index (κ1) is 31.2. The Morgan fingerprint density at radius 3 is 2.00 bits per heavy atom. The van der Waals surface area contributed by atoms with Crippen LogP contribution in [0.25, 0.3) is 87.3 Å². The van der Waals surface area contributed by atoms with Crippen molar-refractivity contribution in [1.29, 1.82) is 0 Å². The van der Waals surface area contributed by atoms with Gasteiger partial charge in [-0.15, -0.1) is 0 Å². The van der Waals surface area contributed by atoms with E-state index in [1.54, 1.807) is 0 Å². The number of nitrogens with one attached hydrogen (secondary N) is 2. The van der Waals surface area contributed by atoms with Gasteiger partial charge >= 0.3 is 0 Å². The highest BCUT2D eigenvalue weighted by molar-refractivity contribution is 6.20. The van der Waals surface area contributed by atoms with Gasteiger partial charge in [0.05, 0.1) is 0 Å². The number of amidine groups is 1. The predicted octanol–water partition coefficient (Wildman–Crippen LogP) is 12.9. The molecule has 2 aromatic heterocycles. The molecule has 0 saturated carbocycles. The van der Waals surface area contributed by atoms with E-state index in [9.17, 15) is 0 Å². The van der Waals surface area contributed by atoms with Crippen LogP contribution in [0, 0.1) is 0 Å². The normalized spacial score (nSPS) is 16.0. The maximum atomic E-state index is 6.84. The quantitative estimate of drug-likeness (QED) is 0.178. The summed E-state index contributed by atoms with van der Waals surface area (Å²) in [5, 5.41) is 19.3. The molecule has 0 bridgehead atoms. The summed E-state index contributed by atoms with van der Waals surface area (Å²) in [4.78, 5) is 5.38. The molecule has 5 heteroatoms. The minimum absolute atomic E-state index is 0.290. The third-order valence-electron chi connectivity index (χ3n) is 11.5. The van der Waals surface area contributed by atoms with Gasteiger partial charge < -0.3 is 14.2 Å². The molecule has 0 amide bonds. The Bertz CT molecular complexity index is 3390. The van der Waals surface area contributed by atoms with Crippen LogP contribution in [0.5, 0.6) is 0 Å². The first-order chi connectivity index (χ1) is 27.7. The van der Waals surface area contributed by atoms with Gasteiger partial charge in [-0.3, -0.25) is 5.32 Å². The van der Waals surface area contributed by atoms with E-state index < -0.39 is 0 Å². The number of rotatable bonds is 4. The van der Waals surface area contributed by atoms with Crippen molar-refractivity contribution < 1.29 is 8.83 Å². The molecule has 0 fully saturated rings. The lowest BCUT2D eigenvalue weighted by Crippen LogP contribution is -2.45. The van der Waals surface area contributed by atoms with E-state index in [2.05, 4.69) is 174 Å². The van der Waals surface area contributed by atoms with E-state index in [0.717, 1.165) is 77.5 Å². The van der Waals surface area contributed by atoms with Crippen LogP contribution in [0.15, 0.2) is 190 Å². The molecule has 12 rings (SSSR count). The standard InChI is InChI=1S/C51H33N3O2/c1-2-13-31(14-3-1)49-52-50(54-51(53-49)41-28-32-15-5-6-16-34(32)37-18-8-9-19-38(37)41)40-25-24-36(48-47(40)39-20-10-11-21-43(39)56-48)33-23-26-44-42(29-33)46-35-17-7-4-12-30(35)22-27-45(46)55-44/h1-29,50-51,54H,(H,52,53). The van der Waals surface area contributed by atoms with Crippen molar-refractivity contribution in [3.63, 3.8) is 0 Å². The molecule has 0 spiro atoms. The summed E-state index contributed by atoms with van der Waals surface area (Å²) in [6.45, 7) is 0. The molecular formula is C51H33N3O2. The first-order valence-electron chi connectivity index (χ1n) is 19.1. The fourth-order valence-electron chi connectivity index (χ4n) is 8.97. The Labute approximate surface area is 321 Å². The minimum Gasteiger partial charge on any atom is -0.456 e. The molecule has 11 aromatic rings. The Balaban J connectivity index is 1.06. The molecule has 3 heterocycles. The van der Waals surface area contributed by atoms with Gasteiger partial charge in [-0.1, -0.05) is 146 Å². The SMILES string of the molecule is c1ccc(C2=NC(c3cc4ccccc4c4ccccc34)NC(c3ccc(-c4ccc5oc6ccc7ccccc7c6c5c4)c4oc5ccccc5c34)N2)cc1. The van der Waals surface area contributed by atoms with E-state index in [0.29, 0.717) is 0 Å². The highest BCUT2D eigenvalue weighted by Crippen LogP contribution is 2.43. The fourth-order valence-corrected chi connectivity index (χ4v) is 8.97. The highest BCUT2D eigenvalue weighted by atomic mass is 16.3. The summed E-state index contributed by atoms with van der Waals surface area (Å²) in [6.07, 6.45) is -0.618. The number of hydrogen-bond acceptors (Lipinski definition) is 5. The minimum atomic E-state index is -0.328. The van der Waals surface area contributed by atoms with E-state index >= 15 is 0 Å². The largest absolute Gasteiger partial charge is 0.456 e. The molecule has 1 aliphatic rings. The lowest BCUT2D eigenvalue weighted by Gasteiger charge is -2.33. The topological polar surface area (TPSA) is 62.7 Å². The van der Waals surface area contributed by atoms with Crippen molar-refractivity contribution >= 4 is 82.0 Å². The second-order valence-corrected chi connectivity index (χ2v) is 14.7. The summed E-state index contributed by atoms with van der Waals surface area (Å²) < 4.78 is 13.2. The fraction of sp³-hybridized carbons (Fsp3) is 0.0392. The van der Waals surface area contributed by atoms with Gasteiger partial charge in [0.25, 0.3) is 0 Å². The predicted molar refractivity (Wildman–Crippen MR) is 230 cm³/mol. The lowest BCUT2D eigenvalue weighted by molar-refractivity contribution is 0.413. The summed E-state index contributed by atoms with van der Waals surface area (Å²) in [5.74, 6) is 0.839. The number of aliphatic imine (C=N–C) groups is 1. The average Bonchev–Trinajstić information content (AvgIpc) is 3.85. The van der Waals surface area contributed by atoms with Crippen LogP contribution in [0.4, 0.5) is 0 Å². The molecule has 2 N–H and O–H groups in total. The number of benzene rings is 9. The number of hydrogen-bond donors (Lipinski definition) is 2. The zero-order valence-corrected chi connectivity index (χ0v) is 30.2. The maximum absolute atomic E-state index is 6.84. The van der Waals surface area contributed by atoms with Gasteiger partial charge in [-0.05, 0) is 73.8 Å². The van der Waals surface area contributed by atoms with Crippen LogP contribution in [0.3, 0.4) is 0 Å². The second-order valence-electron chi connectivity index (χ2n) is 14.7. The van der Waals surface area contributed by atoms with Crippen LogP contribution in [0.2, 0.25) is 0 Å². The van der Waals surface area contributed by atoms with E-state index in [1.807, 2.05) is 12.1 Å². The molecule has 56 heavy (non-hydrogen) atoms. The molecule has 0 radical (unpaired) electrons. The van der Waals surface area contributed by atoms with Gasteiger partial charge in [-0.2, -0.15) is 0 Å². The van der Waals surface area contributed by atoms with Crippen molar-refractivity contribution in [3.8, 4) is 11.1 Å². The summed E-state index contributed by atoms with van der Waals surface area (Å²) >= 11 is 0. The Morgan fingerprint density at radius 1 is 0.429 bits per heavy atom. The molecule has 1 aliphatic heterocycles. The molecule has 2 atom stereocenters. The molecule has 264 valence electrons. The average molecular weight is 720 g/mol. The smallest absolute Gasteiger partial charge is 0.143 e. The molecule has 2 unspecified atom stereocenters. The molecular weight excluding hydrogens is 687 g/mol. The third kappa shape index (κ3) is 4.75. The van der Waals surface area contributed by atoms with Crippen LogP contribution >= 0.6 is 0 Å². The van der Waals surface area contributed by atoms with Gasteiger partial charge in [0.2, 0.25) is 0 Å². The van der Waals surface area contributed by atoms with E-state index in [1.165, 1.54) is 32.3 Å². The first-order valence-corrected chi connectivity index (χ1v) is 19.1. The van der Waals surface area contributed by atoms with Gasteiger partial charge in [0.15, 0.2) is 0 Å². The van der Waals surface area contributed by atoms with E-state index in [-0.39, 0.29) is 12.3 Å². The monoisotopic (exact) mass is 719 g/mol. The Morgan fingerprint density at radius 2 is 1.12 bits per heavy atom. The van der Waals surface area contributed by atoms with Crippen LogP contribution in [-0.2, 0) is 0 Å².